The van der Waals surface area contributed by atoms with Crippen molar-refractivity contribution in [2.24, 2.45) is 0 Å². The largest absolute Gasteiger partial charge is 0.467 e. The lowest BCUT2D eigenvalue weighted by Gasteiger charge is -2.09. The first-order valence-corrected chi connectivity index (χ1v) is 4.06. The number of carbonyl (C=O) groups is 1. The minimum Gasteiger partial charge on any atom is -0.467 e. The van der Waals surface area contributed by atoms with Crippen LogP contribution in [-0.4, -0.2) is 5.91 Å². The van der Waals surface area contributed by atoms with E-state index in [2.05, 4.69) is 5.32 Å². The Morgan fingerprint density at radius 1 is 1.75 bits per heavy atom. The molecule has 1 N–H and O–H groups in total. The maximum Gasteiger partial charge on any atom is 0.220 e. The summed E-state index contributed by atoms with van der Waals surface area (Å²) < 4.78 is 5.13. The Hall–Kier alpha value is -1.25. The summed E-state index contributed by atoms with van der Waals surface area (Å²) in [4.78, 5) is 11.0. The van der Waals surface area contributed by atoms with Crippen molar-refractivity contribution in [3.63, 3.8) is 0 Å². The van der Waals surface area contributed by atoms with Crippen molar-refractivity contribution in [1.82, 2.24) is 5.32 Å². The molecule has 1 aromatic rings. The molecule has 3 heteroatoms. The van der Waals surface area contributed by atoms with Crippen molar-refractivity contribution in [3.8, 4) is 0 Å². The van der Waals surface area contributed by atoms with Gasteiger partial charge in [0.15, 0.2) is 0 Å². The van der Waals surface area contributed by atoms with Gasteiger partial charge in [-0.2, -0.15) is 0 Å². The van der Waals surface area contributed by atoms with Gasteiger partial charge in [-0.15, -0.1) is 0 Å². The molecule has 0 radical (unpaired) electrons. The van der Waals surface area contributed by atoms with E-state index in [0.29, 0.717) is 6.42 Å². The van der Waals surface area contributed by atoms with Crippen LogP contribution in [0.4, 0.5) is 0 Å². The van der Waals surface area contributed by atoms with Crippen molar-refractivity contribution in [2.45, 2.75) is 26.3 Å². The first-order valence-electron chi connectivity index (χ1n) is 4.06. The van der Waals surface area contributed by atoms with Crippen LogP contribution in [0.5, 0.6) is 0 Å². The van der Waals surface area contributed by atoms with Crippen molar-refractivity contribution >= 4 is 5.91 Å². The highest BCUT2D eigenvalue weighted by Gasteiger charge is 2.09. The molecule has 0 aliphatic heterocycles. The summed E-state index contributed by atoms with van der Waals surface area (Å²) in [5, 5.41) is 2.80. The summed E-state index contributed by atoms with van der Waals surface area (Å²) in [5.74, 6) is 0.829. The second-order valence-corrected chi connectivity index (χ2v) is 2.66. The van der Waals surface area contributed by atoms with Gasteiger partial charge in [0, 0.05) is 6.42 Å². The van der Waals surface area contributed by atoms with Crippen LogP contribution in [0.25, 0.3) is 0 Å². The summed E-state index contributed by atoms with van der Waals surface area (Å²) in [5.41, 5.74) is 0. The minimum absolute atomic E-state index is 0.0348. The quantitative estimate of drug-likeness (QED) is 0.746. The zero-order valence-electron chi connectivity index (χ0n) is 7.33. The Kier molecular flexibility index (Phi) is 2.91. The van der Waals surface area contributed by atoms with Crippen LogP contribution in [0, 0.1) is 0 Å². The monoisotopic (exact) mass is 167 g/mol. The number of carbonyl (C=O) groups excluding carboxylic acids is 1. The lowest BCUT2D eigenvalue weighted by atomic mass is 10.2. The smallest absolute Gasteiger partial charge is 0.220 e. The Morgan fingerprint density at radius 3 is 3.00 bits per heavy atom. The number of rotatable bonds is 3. The molecule has 3 nitrogen and oxygen atoms in total. The fourth-order valence-electron chi connectivity index (χ4n) is 0.952. The van der Waals surface area contributed by atoms with E-state index in [1.165, 1.54) is 0 Å². The van der Waals surface area contributed by atoms with Gasteiger partial charge in [0.1, 0.15) is 5.76 Å². The molecule has 66 valence electrons. The van der Waals surface area contributed by atoms with Gasteiger partial charge in [0.25, 0.3) is 0 Å². The predicted octanol–water partition coefficient (Wildman–Crippen LogP) is 1.87. The average Bonchev–Trinajstić information content (AvgIpc) is 2.56. The molecule has 0 saturated heterocycles. The summed E-state index contributed by atoms with van der Waals surface area (Å²) in [7, 11) is 0. The van der Waals surface area contributed by atoms with Crippen LogP contribution >= 0.6 is 0 Å². The molecule has 1 heterocycles. The number of furan rings is 1. The standard InChI is InChI=1S/C9H13NO2/c1-3-9(11)10-7(2)8-5-4-6-12-8/h4-7H,3H2,1-2H3,(H,10,11). The SMILES string of the molecule is CCC(=O)NC(C)c1ccco1. The third-order valence-corrected chi connectivity index (χ3v) is 1.67. The highest BCUT2D eigenvalue weighted by atomic mass is 16.3. The Bertz CT molecular complexity index is 241. The highest BCUT2D eigenvalue weighted by Crippen LogP contribution is 2.11. The molecule has 1 amide bonds. The van der Waals surface area contributed by atoms with E-state index < -0.39 is 0 Å². The molecular weight excluding hydrogens is 154 g/mol. The van der Waals surface area contributed by atoms with E-state index >= 15 is 0 Å². The second-order valence-electron chi connectivity index (χ2n) is 2.66. The van der Waals surface area contributed by atoms with Crippen molar-refractivity contribution < 1.29 is 9.21 Å². The molecule has 1 rings (SSSR count). The van der Waals surface area contributed by atoms with E-state index in [0.717, 1.165) is 5.76 Å². The van der Waals surface area contributed by atoms with E-state index in [1.807, 2.05) is 26.0 Å². The van der Waals surface area contributed by atoms with Gasteiger partial charge in [-0.05, 0) is 19.1 Å². The highest BCUT2D eigenvalue weighted by molar-refractivity contribution is 5.75. The van der Waals surface area contributed by atoms with Crippen LogP contribution in [0.1, 0.15) is 32.1 Å². The number of hydrogen-bond donors (Lipinski definition) is 1. The van der Waals surface area contributed by atoms with Gasteiger partial charge < -0.3 is 9.73 Å². The summed E-state index contributed by atoms with van der Waals surface area (Å²) in [6.07, 6.45) is 2.11. The first kappa shape index (κ1) is 8.84. The van der Waals surface area contributed by atoms with E-state index in [1.54, 1.807) is 6.26 Å². The van der Waals surface area contributed by atoms with E-state index in [4.69, 9.17) is 4.42 Å². The lowest BCUT2D eigenvalue weighted by Crippen LogP contribution is -2.25. The molecule has 12 heavy (non-hydrogen) atoms. The van der Waals surface area contributed by atoms with Crippen molar-refractivity contribution in [3.05, 3.63) is 24.2 Å². The molecule has 0 saturated carbocycles. The van der Waals surface area contributed by atoms with Crippen molar-refractivity contribution in [1.29, 1.82) is 0 Å². The van der Waals surface area contributed by atoms with Crippen LogP contribution in [-0.2, 0) is 4.79 Å². The second kappa shape index (κ2) is 3.95. The third-order valence-electron chi connectivity index (χ3n) is 1.67. The fraction of sp³-hybridized carbons (Fsp3) is 0.444. The normalized spacial score (nSPS) is 12.5. The topological polar surface area (TPSA) is 42.2 Å². The fourth-order valence-corrected chi connectivity index (χ4v) is 0.952. The predicted molar refractivity (Wildman–Crippen MR) is 45.6 cm³/mol. The van der Waals surface area contributed by atoms with Gasteiger partial charge >= 0.3 is 0 Å². The zero-order chi connectivity index (χ0) is 8.97. The Labute approximate surface area is 71.8 Å². The molecule has 0 aromatic carbocycles. The van der Waals surface area contributed by atoms with Crippen LogP contribution in [0.3, 0.4) is 0 Å². The molecule has 1 unspecified atom stereocenters. The molecule has 0 aliphatic rings. The molecule has 0 aliphatic carbocycles. The van der Waals surface area contributed by atoms with Crippen LogP contribution < -0.4 is 5.32 Å². The molecule has 0 spiro atoms. The molecular formula is C9H13NO2. The average molecular weight is 167 g/mol. The van der Waals surface area contributed by atoms with Gasteiger partial charge in [0.05, 0.1) is 12.3 Å². The van der Waals surface area contributed by atoms with Gasteiger partial charge in [-0.3, -0.25) is 4.79 Å². The number of nitrogens with one attached hydrogen (secondary N) is 1. The minimum atomic E-state index is -0.0348. The Balaban J connectivity index is 2.49. The van der Waals surface area contributed by atoms with Crippen LogP contribution in [0.2, 0.25) is 0 Å². The zero-order valence-corrected chi connectivity index (χ0v) is 7.33. The number of hydrogen-bond acceptors (Lipinski definition) is 2. The summed E-state index contributed by atoms with van der Waals surface area (Å²) in [6, 6.07) is 3.62. The molecule has 1 atom stereocenters. The van der Waals surface area contributed by atoms with Gasteiger partial charge in [-0.1, -0.05) is 6.92 Å². The Morgan fingerprint density at radius 2 is 2.50 bits per heavy atom. The molecule has 1 aromatic heterocycles. The summed E-state index contributed by atoms with van der Waals surface area (Å²) >= 11 is 0. The maximum absolute atomic E-state index is 11.0. The number of amides is 1. The van der Waals surface area contributed by atoms with Gasteiger partial charge in [0.2, 0.25) is 5.91 Å². The molecule has 0 fully saturated rings. The van der Waals surface area contributed by atoms with E-state index in [-0.39, 0.29) is 11.9 Å². The summed E-state index contributed by atoms with van der Waals surface area (Å²) in [6.45, 7) is 3.72. The third kappa shape index (κ3) is 2.12. The molecule has 0 bridgehead atoms. The first-order chi connectivity index (χ1) is 5.74. The van der Waals surface area contributed by atoms with Crippen molar-refractivity contribution in [2.75, 3.05) is 0 Å². The van der Waals surface area contributed by atoms with Crippen LogP contribution in [0.15, 0.2) is 22.8 Å². The maximum atomic E-state index is 11.0. The lowest BCUT2D eigenvalue weighted by molar-refractivity contribution is -0.121. The van der Waals surface area contributed by atoms with E-state index in [9.17, 15) is 4.79 Å². The van der Waals surface area contributed by atoms with Gasteiger partial charge in [-0.25, -0.2) is 0 Å².